The Morgan fingerprint density at radius 1 is 1.44 bits per heavy atom. The Balaban J connectivity index is 2.55. The Hall–Kier alpha value is -1.11. The standard InChI is InChI=1S/C9H15NO5S/c1-10(5-8(11)15-2)9(12)7-3-4-16(13,14)6-7/h7H,3-6H2,1-2H3. The van der Waals surface area contributed by atoms with Crippen molar-refractivity contribution in [1.82, 2.24) is 4.90 Å². The molecular weight excluding hydrogens is 234 g/mol. The molecule has 1 unspecified atom stereocenters. The third-order valence-electron chi connectivity index (χ3n) is 2.55. The molecule has 0 aromatic carbocycles. The number of esters is 1. The summed E-state index contributed by atoms with van der Waals surface area (Å²) >= 11 is 0. The molecule has 0 bridgehead atoms. The highest BCUT2D eigenvalue weighted by Crippen LogP contribution is 2.20. The first-order chi connectivity index (χ1) is 7.35. The van der Waals surface area contributed by atoms with Gasteiger partial charge in [0.1, 0.15) is 6.54 Å². The maximum atomic E-state index is 11.7. The zero-order valence-corrected chi connectivity index (χ0v) is 10.1. The number of methoxy groups -OCH3 is 1. The highest BCUT2D eigenvalue weighted by atomic mass is 32.2. The number of carbonyl (C=O) groups excluding carboxylic acids is 2. The smallest absolute Gasteiger partial charge is 0.325 e. The maximum absolute atomic E-state index is 11.7. The molecule has 0 saturated carbocycles. The average molecular weight is 249 g/mol. The SMILES string of the molecule is COC(=O)CN(C)C(=O)C1CCS(=O)(=O)C1. The van der Waals surface area contributed by atoms with E-state index in [9.17, 15) is 18.0 Å². The molecule has 7 heteroatoms. The molecule has 0 aromatic heterocycles. The quantitative estimate of drug-likeness (QED) is 0.603. The highest BCUT2D eigenvalue weighted by Gasteiger charge is 2.34. The molecule has 1 heterocycles. The predicted octanol–water partition coefficient (Wildman–Crippen LogP) is -0.947. The van der Waals surface area contributed by atoms with E-state index < -0.39 is 21.7 Å². The van der Waals surface area contributed by atoms with Crippen molar-refractivity contribution in [3.8, 4) is 0 Å². The van der Waals surface area contributed by atoms with Gasteiger partial charge in [-0.05, 0) is 6.42 Å². The average Bonchev–Trinajstić information content (AvgIpc) is 2.57. The predicted molar refractivity (Wildman–Crippen MR) is 56.4 cm³/mol. The molecule has 1 fully saturated rings. The first-order valence-corrected chi connectivity index (χ1v) is 6.70. The molecule has 1 aliphatic rings. The third-order valence-corrected chi connectivity index (χ3v) is 4.32. The largest absolute Gasteiger partial charge is 0.468 e. The summed E-state index contributed by atoms with van der Waals surface area (Å²) < 4.78 is 26.8. The molecular formula is C9H15NO5S. The summed E-state index contributed by atoms with van der Waals surface area (Å²) in [6.07, 6.45) is 0.340. The van der Waals surface area contributed by atoms with Crippen molar-refractivity contribution in [3.63, 3.8) is 0 Å². The summed E-state index contributed by atoms with van der Waals surface area (Å²) in [5, 5.41) is 0. The molecule has 6 nitrogen and oxygen atoms in total. The van der Waals surface area contributed by atoms with E-state index in [4.69, 9.17) is 0 Å². The Bertz CT molecular complexity index is 389. The lowest BCUT2D eigenvalue weighted by Gasteiger charge is -2.18. The summed E-state index contributed by atoms with van der Waals surface area (Å²) in [7, 11) is -0.372. The van der Waals surface area contributed by atoms with Gasteiger partial charge in [0.2, 0.25) is 5.91 Å². The first-order valence-electron chi connectivity index (χ1n) is 4.88. The van der Waals surface area contributed by atoms with E-state index in [1.165, 1.54) is 19.1 Å². The number of nitrogens with zero attached hydrogens (tertiary/aromatic N) is 1. The molecule has 0 N–H and O–H groups in total. The van der Waals surface area contributed by atoms with Crippen LogP contribution < -0.4 is 0 Å². The number of amides is 1. The van der Waals surface area contributed by atoms with E-state index >= 15 is 0 Å². The van der Waals surface area contributed by atoms with Gasteiger partial charge in [0, 0.05) is 7.05 Å². The second kappa shape index (κ2) is 4.82. The van der Waals surface area contributed by atoms with Gasteiger partial charge in [-0.1, -0.05) is 0 Å². The maximum Gasteiger partial charge on any atom is 0.325 e. The summed E-state index contributed by atoms with van der Waals surface area (Å²) in [5.74, 6) is -1.41. The minimum atomic E-state index is -3.07. The first kappa shape index (κ1) is 13.0. The van der Waals surface area contributed by atoms with E-state index in [-0.39, 0.29) is 24.0 Å². The van der Waals surface area contributed by atoms with Crippen LogP contribution in [0.5, 0.6) is 0 Å². The van der Waals surface area contributed by atoms with Crippen LogP contribution in [0.1, 0.15) is 6.42 Å². The molecule has 1 saturated heterocycles. The van der Waals surface area contributed by atoms with Crippen LogP contribution in [0, 0.1) is 5.92 Å². The molecule has 92 valence electrons. The van der Waals surface area contributed by atoms with Crippen molar-refractivity contribution in [2.75, 3.05) is 32.2 Å². The molecule has 1 aliphatic heterocycles. The second-order valence-electron chi connectivity index (χ2n) is 3.87. The Morgan fingerprint density at radius 2 is 2.06 bits per heavy atom. The number of sulfone groups is 1. The van der Waals surface area contributed by atoms with Crippen LogP contribution in [0.15, 0.2) is 0 Å². The number of ether oxygens (including phenoxy) is 1. The normalized spacial score (nSPS) is 22.8. The zero-order chi connectivity index (χ0) is 12.3. The monoisotopic (exact) mass is 249 g/mol. The Kier molecular flexibility index (Phi) is 3.90. The van der Waals surface area contributed by atoms with Gasteiger partial charge < -0.3 is 9.64 Å². The molecule has 0 aromatic rings. The minimum absolute atomic E-state index is 0.0511. The molecule has 0 aliphatic carbocycles. The highest BCUT2D eigenvalue weighted by molar-refractivity contribution is 7.91. The third kappa shape index (κ3) is 3.19. The number of carbonyl (C=O) groups is 2. The van der Waals surface area contributed by atoms with Crippen molar-refractivity contribution >= 4 is 21.7 Å². The van der Waals surface area contributed by atoms with Crippen LogP contribution >= 0.6 is 0 Å². The molecule has 0 radical (unpaired) electrons. The van der Waals surface area contributed by atoms with Gasteiger partial charge in [0.25, 0.3) is 0 Å². The molecule has 16 heavy (non-hydrogen) atoms. The van der Waals surface area contributed by atoms with Crippen LogP contribution in [0.2, 0.25) is 0 Å². The molecule has 1 atom stereocenters. The van der Waals surface area contributed by atoms with E-state index in [1.54, 1.807) is 0 Å². The van der Waals surface area contributed by atoms with Gasteiger partial charge in [0.15, 0.2) is 9.84 Å². The molecule has 1 rings (SSSR count). The fraction of sp³-hybridized carbons (Fsp3) is 0.778. The fourth-order valence-corrected chi connectivity index (χ4v) is 3.37. The lowest BCUT2D eigenvalue weighted by molar-refractivity contribution is -0.147. The van der Waals surface area contributed by atoms with Gasteiger partial charge in [-0.15, -0.1) is 0 Å². The van der Waals surface area contributed by atoms with Crippen molar-refractivity contribution in [2.24, 2.45) is 5.92 Å². The number of rotatable bonds is 3. The van der Waals surface area contributed by atoms with E-state index in [0.29, 0.717) is 6.42 Å². The van der Waals surface area contributed by atoms with Gasteiger partial charge in [0.05, 0.1) is 24.5 Å². The minimum Gasteiger partial charge on any atom is -0.468 e. The number of hydrogen-bond acceptors (Lipinski definition) is 5. The fourth-order valence-electron chi connectivity index (χ4n) is 1.64. The Labute approximate surface area is 94.5 Å². The summed E-state index contributed by atoms with van der Waals surface area (Å²) in [6.45, 7) is -0.147. The van der Waals surface area contributed by atoms with E-state index in [1.807, 2.05) is 0 Å². The number of likely N-dealkylation sites (N-methyl/N-ethyl adjacent to an activating group) is 1. The summed E-state index contributed by atoms with van der Waals surface area (Å²) in [5.41, 5.74) is 0. The lowest BCUT2D eigenvalue weighted by Crippen LogP contribution is -2.37. The van der Waals surface area contributed by atoms with Gasteiger partial charge >= 0.3 is 5.97 Å². The summed E-state index contributed by atoms with van der Waals surface area (Å²) in [6, 6.07) is 0. The van der Waals surface area contributed by atoms with Crippen LogP contribution in [0.25, 0.3) is 0 Å². The van der Waals surface area contributed by atoms with Gasteiger partial charge in [-0.2, -0.15) is 0 Å². The van der Waals surface area contributed by atoms with Crippen molar-refractivity contribution < 1.29 is 22.7 Å². The van der Waals surface area contributed by atoms with Gasteiger partial charge in [-0.3, -0.25) is 9.59 Å². The molecule has 0 spiro atoms. The van der Waals surface area contributed by atoms with Crippen molar-refractivity contribution in [3.05, 3.63) is 0 Å². The van der Waals surface area contributed by atoms with Crippen molar-refractivity contribution in [1.29, 1.82) is 0 Å². The van der Waals surface area contributed by atoms with Crippen LogP contribution in [-0.2, 0) is 24.2 Å². The van der Waals surface area contributed by atoms with Crippen LogP contribution in [0.3, 0.4) is 0 Å². The topological polar surface area (TPSA) is 80.8 Å². The van der Waals surface area contributed by atoms with E-state index in [0.717, 1.165) is 0 Å². The van der Waals surface area contributed by atoms with Crippen LogP contribution in [-0.4, -0.2) is 57.4 Å². The zero-order valence-electron chi connectivity index (χ0n) is 9.30. The Morgan fingerprint density at radius 3 is 2.50 bits per heavy atom. The van der Waals surface area contributed by atoms with Crippen LogP contribution in [0.4, 0.5) is 0 Å². The second-order valence-corrected chi connectivity index (χ2v) is 6.10. The van der Waals surface area contributed by atoms with Gasteiger partial charge in [-0.25, -0.2) is 8.42 Å². The number of hydrogen-bond donors (Lipinski definition) is 0. The molecule has 1 amide bonds. The summed E-state index contributed by atoms with van der Waals surface area (Å²) in [4.78, 5) is 23.9. The van der Waals surface area contributed by atoms with E-state index in [2.05, 4.69) is 4.74 Å². The lowest BCUT2D eigenvalue weighted by atomic mass is 10.1. The van der Waals surface area contributed by atoms with Crippen molar-refractivity contribution in [2.45, 2.75) is 6.42 Å².